The van der Waals surface area contributed by atoms with E-state index in [-0.39, 0.29) is 5.41 Å². The molecule has 0 bridgehead atoms. The second-order valence-corrected chi connectivity index (χ2v) is 9.89. The van der Waals surface area contributed by atoms with Crippen LogP contribution in [0, 0.1) is 5.41 Å². The minimum atomic E-state index is -0.746. The molecule has 1 saturated heterocycles. The summed E-state index contributed by atoms with van der Waals surface area (Å²) in [4.78, 5) is 16.0. The number of aromatic nitrogens is 4. The Hall–Kier alpha value is -2.38. The Labute approximate surface area is 181 Å². The summed E-state index contributed by atoms with van der Waals surface area (Å²) < 4.78 is 7.91. The van der Waals surface area contributed by atoms with Crippen molar-refractivity contribution in [3.63, 3.8) is 0 Å². The van der Waals surface area contributed by atoms with E-state index in [0.29, 0.717) is 60.7 Å². The van der Waals surface area contributed by atoms with Gasteiger partial charge in [0.15, 0.2) is 17.0 Å². The van der Waals surface area contributed by atoms with Crippen molar-refractivity contribution in [1.82, 2.24) is 19.5 Å². The SMILES string of the molecule is CC(C)(C)COc1nc(N2CCC(C)(O)C2)c2ncn(Cc3ccccc3Cl)c2n1. The normalized spacial score (nSPS) is 19.6. The third-order valence-electron chi connectivity index (χ3n) is 5.11. The minimum absolute atomic E-state index is 0.0202. The fourth-order valence-corrected chi connectivity index (χ4v) is 3.72. The van der Waals surface area contributed by atoms with E-state index in [4.69, 9.17) is 16.3 Å². The van der Waals surface area contributed by atoms with Crippen molar-refractivity contribution in [2.24, 2.45) is 5.41 Å². The van der Waals surface area contributed by atoms with Crippen molar-refractivity contribution >= 4 is 28.6 Å². The van der Waals surface area contributed by atoms with Crippen molar-refractivity contribution in [2.75, 3.05) is 24.6 Å². The molecule has 1 fully saturated rings. The molecule has 30 heavy (non-hydrogen) atoms. The Kier molecular flexibility index (Phi) is 5.36. The first-order valence-electron chi connectivity index (χ1n) is 10.2. The Balaban J connectivity index is 1.75. The van der Waals surface area contributed by atoms with Crippen LogP contribution < -0.4 is 9.64 Å². The van der Waals surface area contributed by atoms with Gasteiger partial charge in [0.05, 0.1) is 25.1 Å². The average molecular weight is 430 g/mol. The van der Waals surface area contributed by atoms with Gasteiger partial charge in [0, 0.05) is 18.1 Å². The van der Waals surface area contributed by atoms with E-state index in [1.165, 1.54) is 0 Å². The van der Waals surface area contributed by atoms with E-state index in [9.17, 15) is 5.11 Å². The molecular weight excluding hydrogens is 402 g/mol. The Morgan fingerprint density at radius 2 is 2.00 bits per heavy atom. The fraction of sp³-hybridized carbons (Fsp3) is 0.500. The topological polar surface area (TPSA) is 76.3 Å². The maximum absolute atomic E-state index is 10.5. The monoisotopic (exact) mass is 429 g/mol. The number of β-amino-alcohol motifs (C(OH)–C–C–N with tert-alkyl or cyclic N) is 1. The third-order valence-corrected chi connectivity index (χ3v) is 5.48. The molecule has 3 heterocycles. The number of fused-ring (bicyclic) bond motifs is 1. The second-order valence-electron chi connectivity index (χ2n) is 9.48. The zero-order valence-corrected chi connectivity index (χ0v) is 18.6. The summed E-state index contributed by atoms with van der Waals surface area (Å²) in [6, 6.07) is 8.06. The molecule has 3 aromatic rings. The van der Waals surface area contributed by atoms with Crippen LogP contribution in [0.4, 0.5) is 5.82 Å². The molecule has 1 aliphatic rings. The van der Waals surface area contributed by atoms with E-state index in [0.717, 1.165) is 5.56 Å². The highest BCUT2D eigenvalue weighted by Crippen LogP contribution is 2.32. The van der Waals surface area contributed by atoms with Gasteiger partial charge in [-0.05, 0) is 30.4 Å². The highest BCUT2D eigenvalue weighted by molar-refractivity contribution is 6.31. The Morgan fingerprint density at radius 1 is 1.23 bits per heavy atom. The second kappa shape index (κ2) is 7.71. The van der Waals surface area contributed by atoms with Crippen molar-refractivity contribution in [1.29, 1.82) is 0 Å². The first kappa shape index (κ1) is 20.9. The van der Waals surface area contributed by atoms with Gasteiger partial charge in [-0.1, -0.05) is 50.6 Å². The maximum Gasteiger partial charge on any atom is 0.320 e. The number of rotatable bonds is 5. The third kappa shape index (κ3) is 4.52. The number of aliphatic hydroxyl groups is 1. The van der Waals surface area contributed by atoms with Gasteiger partial charge in [0.2, 0.25) is 0 Å². The number of halogens is 1. The van der Waals surface area contributed by atoms with Crippen molar-refractivity contribution in [3.8, 4) is 6.01 Å². The van der Waals surface area contributed by atoms with E-state index >= 15 is 0 Å². The Morgan fingerprint density at radius 3 is 2.67 bits per heavy atom. The molecule has 0 saturated carbocycles. The quantitative estimate of drug-likeness (QED) is 0.662. The van der Waals surface area contributed by atoms with E-state index < -0.39 is 5.60 Å². The zero-order chi connectivity index (χ0) is 21.5. The van der Waals surface area contributed by atoms with Crippen molar-refractivity contribution in [3.05, 3.63) is 41.2 Å². The smallest absolute Gasteiger partial charge is 0.320 e. The standard InChI is InChI=1S/C22H28ClN5O2/c1-21(2,3)13-30-20-25-18(27-10-9-22(4,29)12-27)17-19(26-20)28(14-24-17)11-15-7-5-6-8-16(15)23/h5-8,14,29H,9-13H2,1-4H3. The molecule has 0 aliphatic carbocycles. The number of nitrogens with zero attached hydrogens (tertiary/aromatic N) is 5. The molecule has 2 aromatic heterocycles. The van der Waals surface area contributed by atoms with Gasteiger partial charge in [-0.2, -0.15) is 9.97 Å². The molecule has 7 nitrogen and oxygen atoms in total. The molecule has 1 unspecified atom stereocenters. The molecule has 160 valence electrons. The van der Waals surface area contributed by atoms with Gasteiger partial charge in [-0.25, -0.2) is 4.98 Å². The van der Waals surface area contributed by atoms with E-state index in [1.54, 1.807) is 6.33 Å². The summed E-state index contributed by atoms with van der Waals surface area (Å²) in [7, 11) is 0. The molecule has 1 aliphatic heterocycles. The molecule has 8 heteroatoms. The molecule has 1 aromatic carbocycles. The molecule has 1 N–H and O–H groups in total. The van der Waals surface area contributed by atoms with Gasteiger partial charge in [0.25, 0.3) is 0 Å². The summed E-state index contributed by atoms with van der Waals surface area (Å²) >= 11 is 6.36. The number of anilines is 1. The largest absolute Gasteiger partial charge is 0.463 e. The maximum atomic E-state index is 10.5. The number of hydrogen-bond acceptors (Lipinski definition) is 6. The lowest BCUT2D eigenvalue weighted by Gasteiger charge is -2.22. The van der Waals surface area contributed by atoms with Crippen LogP contribution in [0.3, 0.4) is 0 Å². The highest BCUT2D eigenvalue weighted by atomic mass is 35.5. The molecule has 4 rings (SSSR count). The zero-order valence-electron chi connectivity index (χ0n) is 17.9. The number of hydrogen-bond donors (Lipinski definition) is 1. The molecule has 0 amide bonds. The van der Waals surface area contributed by atoms with Crippen LogP contribution in [0.2, 0.25) is 5.02 Å². The van der Waals surface area contributed by atoms with Crippen LogP contribution in [0.15, 0.2) is 30.6 Å². The predicted molar refractivity (Wildman–Crippen MR) is 118 cm³/mol. The summed E-state index contributed by atoms with van der Waals surface area (Å²) in [5.41, 5.74) is 1.61. The van der Waals surface area contributed by atoms with Gasteiger partial charge >= 0.3 is 6.01 Å². The summed E-state index contributed by atoms with van der Waals surface area (Å²) in [5.74, 6) is 0.694. The lowest BCUT2D eigenvalue weighted by molar-refractivity contribution is 0.0839. The molecule has 1 atom stereocenters. The van der Waals surface area contributed by atoms with Gasteiger partial charge in [-0.15, -0.1) is 0 Å². The van der Waals surface area contributed by atoms with Crippen molar-refractivity contribution in [2.45, 2.75) is 46.3 Å². The molecule has 0 radical (unpaired) electrons. The van der Waals surface area contributed by atoms with Crippen LogP contribution >= 0.6 is 11.6 Å². The van der Waals surface area contributed by atoms with E-state index in [2.05, 4.69) is 40.6 Å². The van der Waals surface area contributed by atoms with Gasteiger partial charge in [0.1, 0.15) is 0 Å². The van der Waals surface area contributed by atoms with Gasteiger partial charge in [-0.3, -0.25) is 0 Å². The van der Waals surface area contributed by atoms with E-state index in [1.807, 2.05) is 35.8 Å². The Bertz CT molecular complexity index is 1060. The first-order valence-corrected chi connectivity index (χ1v) is 10.6. The van der Waals surface area contributed by atoms with Gasteiger partial charge < -0.3 is 19.3 Å². The van der Waals surface area contributed by atoms with Crippen LogP contribution in [0.1, 0.15) is 39.7 Å². The highest BCUT2D eigenvalue weighted by Gasteiger charge is 2.34. The number of benzene rings is 1. The van der Waals surface area contributed by atoms with Crippen LogP contribution in [-0.2, 0) is 6.54 Å². The average Bonchev–Trinajstić information content (AvgIpc) is 3.24. The van der Waals surface area contributed by atoms with Crippen molar-refractivity contribution < 1.29 is 9.84 Å². The number of imidazole rings is 1. The van der Waals surface area contributed by atoms with Crippen LogP contribution in [0.25, 0.3) is 11.2 Å². The van der Waals surface area contributed by atoms with Crippen LogP contribution in [0.5, 0.6) is 6.01 Å². The fourth-order valence-electron chi connectivity index (χ4n) is 3.53. The summed E-state index contributed by atoms with van der Waals surface area (Å²) in [6.07, 6.45) is 2.44. The lowest BCUT2D eigenvalue weighted by Crippen LogP contribution is -2.30. The predicted octanol–water partition coefficient (Wildman–Crippen LogP) is 3.91. The summed E-state index contributed by atoms with van der Waals surface area (Å²) in [5, 5.41) is 11.2. The lowest BCUT2D eigenvalue weighted by atomic mass is 9.99. The molecular formula is C22H28ClN5O2. The summed E-state index contributed by atoms with van der Waals surface area (Å²) in [6.45, 7) is 10.4. The van der Waals surface area contributed by atoms with Crippen LogP contribution in [-0.4, -0.2) is 49.9 Å². The first-order chi connectivity index (χ1) is 14.1. The molecule has 0 spiro atoms. The minimum Gasteiger partial charge on any atom is -0.463 e. The number of ether oxygens (including phenoxy) is 1.